The van der Waals surface area contributed by atoms with Gasteiger partial charge in [-0.25, -0.2) is 0 Å². The molecule has 0 saturated heterocycles. The van der Waals surface area contributed by atoms with E-state index in [1.807, 2.05) is 13.1 Å². The second-order valence-electron chi connectivity index (χ2n) is 3.53. The molecule has 9 heteroatoms. The summed E-state index contributed by atoms with van der Waals surface area (Å²) in [5.74, 6) is 0. The number of hydrogen-bond acceptors (Lipinski definition) is 5. The average Bonchev–Trinajstić information content (AvgIpc) is 2.88. The molecule has 0 atom stereocenters. The van der Waals surface area contributed by atoms with E-state index in [9.17, 15) is 13.2 Å². The molecule has 0 aliphatic heterocycles. The van der Waals surface area contributed by atoms with E-state index < -0.39 is 11.2 Å². The molecule has 0 spiro atoms. The number of aromatic nitrogens is 4. The largest absolute Gasteiger partial charge is 0.445 e. The summed E-state index contributed by atoms with van der Waals surface area (Å²) >= 11 is 0.500. The topological polar surface area (TPSA) is 55.6 Å². The lowest BCUT2D eigenvalue weighted by atomic mass is 10.3. The van der Waals surface area contributed by atoms with Crippen LogP contribution in [0, 0.1) is 0 Å². The summed E-state index contributed by atoms with van der Waals surface area (Å²) in [5.41, 5.74) is 0.989. The zero-order valence-corrected chi connectivity index (χ0v) is 10.2. The first-order chi connectivity index (χ1) is 8.47. The van der Waals surface area contributed by atoms with Crippen molar-refractivity contribution in [1.29, 1.82) is 0 Å². The van der Waals surface area contributed by atoms with Crippen LogP contribution >= 0.6 is 11.3 Å². The predicted molar refractivity (Wildman–Crippen MR) is 60.3 cm³/mol. The maximum absolute atomic E-state index is 12.3. The molecule has 1 N–H and O–H groups in total. The van der Waals surface area contributed by atoms with Crippen LogP contribution < -0.4 is 5.32 Å². The molecule has 98 valence electrons. The first-order valence-electron chi connectivity index (χ1n) is 5.08. The van der Waals surface area contributed by atoms with E-state index >= 15 is 0 Å². The minimum absolute atomic E-state index is 0.171. The molecule has 0 bridgehead atoms. The minimum Gasteiger partial charge on any atom is -0.360 e. The van der Waals surface area contributed by atoms with Crippen LogP contribution in [0.15, 0.2) is 12.3 Å². The zero-order chi connectivity index (χ0) is 13.2. The van der Waals surface area contributed by atoms with E-state index in [-0.39, 0.29) is 5.13 Å². The van der Waals surface area contributed by atoms with Crippen LogP contribution in [0.25, 0.3) is 0 Å². The van der Waals surface area contributed by atoms with Gasteiger partial charge in [0.05, 0.1) is 0 Å². The van der Waals surface area contributed by atoms with E-state index in [0.29, 0.717) is 24.3 Å². The van der Waals surface area contributed by atoms with Crippen LogP contribution in [0.4, 0.5) is 18.3 Å². The molecule has 2 aromatic rings. The highest BCUT2D eigenvalue weighted by atomic mass is 32.1. The molecule has 5 nitrogen and oxygen atoms in total. The number of nitrogens with zero attached hydrogens (tertiary/aromatic N) is 4. The molecule has 0 amide bonds. The van der Waals surface area contributed by atoms with E-state index in [0.717, 1.165) is 5.69 Å². The fourth-order valence-electron chi connectivity index (χ4n) is 1.35. The Kier molecular flexibility index (Phi) is 3.50. The van der Waals surface area contributed by atoms with Gasteiger partial charge < -0.3 is 5.32 Å². The highest BCUT2D eigenvalue weighted by Crippen LogP contribution is 2.32. The molecular weight excluding hydrogens is 267 g/mol. The monoisotopic (exact) mass is 277 g/mol. The van der Waals surface area contributed by atoms with Crippen molar-refractivity contribution in [2.45, 2.75) is 12.6 Å². The lowest BCUT2D eigenvalue weighted by Crippen LogP contribution is -2.08. The molecule has 0 aliphatic rings. The number of aryl methyl sites for hydroxylation is 1. The van der Waals surface area contributed by atoms with Crippen molar-refractivity contribution in [3.8, 4) is 0 Å². The maximum atomic E-state index is 12.3. The first kappa shape index (κ1) is 12.8. The normalized spacial score (nSPS) is 11.8. The molecule has 2 rings (SSSR count). The lowest BCUT2D eigenvalue weighted by Gasteiger charge is -2.02. The smallest absolute Gasteiger partial charge is 0.360 e. The van der Waals surface area contributed by atoms with Gasteiger partial charge in [0.25, 0.3) is 0 Å². The van der Waals surface area contributed by atoms with Crippen molar-refractivity contribution >= 4 is 16.5 Å². The van der Waals surface area contributed by atoms with Crippen LogP contribution in [0.1, 0.15) is 10.7 Å². The average molecular weight is 277 g/mol. The van der Waals surface area contributed by atoms with Crippen molar-refractivity contribution in [2.24, 2.45) is 7.05 Å². The minimum atomic E-state index is -4.43. The SMILES string of the molecule is Cn1nccc1CCNc1nnc(C(F)(F)F)s1. The molecule has 2 aromatic heterocycles. The van der Waals surface area contributed by atoms with Crippen molar-refractivity contribution < 1.29 is 13.2 Å². The van der Waals surface area contributed by atoms with Crippen molar-refractivity contribution in [2.75, 3.05) is 11.9 Å². The summed E-state index contributed by atoms with van der Waals surface area (Å²) in [5, 5.41) is 12.6. The first-order valence-corrected chi connectivity index (χ1v) is 5.90. The third-order valence-corrected chi connectivity index (χ3v) is 3.17. The van der Waals surface area contributed by atoms with Gasteiger partial charge >= 0.3 is 6.18 Å². The Bertz CT molecular complexity index is 518. The summed E-state index contributed by atoms with van der Waals surface area (Å²) in [6.07, 6.45) is -2.11. The van der Waals surface area contributed by atoms with Gasteiger partial charge in [-0.15, -0.1) is 10.2 Å². The summed E-state index contributed by atoms with van der Waals surface area (Å²) in [4.78, 5) is 0. The predicted octanol–water partition coefficient (Wildman–Crippen LogP) is 1.94. The van der Waals surface area contributed by atoms with Crippen molar-refractivity contribution in [3.63, 3.8) is 0 Å². The molecule has 0 aromatic carbocycles. The Morgan fingerprint density at radius 3 is 2.72 bits per heavy atom. The second kappa shape index (κ2) is 4.92. The number of hydrogen-bond donors (Lipinski definition) is 1. The second-order valence-corrected chi connectivity index (χ2v) is 4.51. The standard InChI is InChI=1S/C9H10F3N5S/c1-17-6(3-5-14-17)2-4-13-8-16-15-7(18-8)9(10,11)12/h3,5H,2,4H2,1H3,(H,13,16). The Morgan fingerprint density at radius 2 is 2.17 bits per heavy atom. The van der Waals surface area contributed by atoms with Gasteiger partial charge in [0.2, 0.25) is 10.1 Å². The molecule has 0 saturated carbocycles. The van der Waals surface area contributed by atoms with E-state index in [4.69, 9.17) is 0 Å². The molecule has 0 unspecified atom stereocenters. The van der Waals surface area contributed by atoms with Crippen molar-refractivity contribution in [1.82, 2.24) is 20.0 Å². The fraction of sp³-hybridized carbons (Fsp3) is 0.444. The van der Waals surface area contributed by atoms with Crippen LogP contribution in [-0.4, -0.2) is 26.5 Å². The third-order valence-electron chi connectivity index (χ3n) is 2.25. The Morgan fingerprint density at radius 1 is 1.39 bits per heavy atom. The van der Waals surface area contributed by atoms with Gasteiger partial charge in [-0.05, 0) is 6.07 Å². The van der Waals surface area contributed by atoms with Crippen molar-refractivity contribution in [3.05, 3.63) is 23.0 Å². The third kappa shape index (κ3) is 2.97. The van der Waals surface area contributed by atoms with E-state index in [1.165, 1.54) is 0 Å². The number of halogens is 3. The van der Waals surface area contributed by atoms with E-state index in [2.05, 4.69) is 20.6 Å². The van der Waals surface area contributed by atoms with Gasteiger partial charge in [0.15, 0.2) is 0 Å². The Labute approximate surface area is 105 Å². The van der Waals surface area contributed by atoms with Crippen LogP contribution in [0.5, 0.6) is 0 Å². The fourth-order valence-corrected chi connectivity index (χ4v) is 1.99. The quantitative estimate of drug-likeness (QED) is 0.928. The Hall–Kier alpha value is -1.64. The highest BCUT2D eigenvalue weighted by Gasteiger charge is 2.35. The summed E-state index contributed by atoms with van der Waals surface area (Å²) < 4.78 is 38.5. The number of alkyl halides is 3. The lowest BCUT2D eigenvalue weighted by molar-refractivity contribution is -0.138. The van der Waals surface area contributed by atoms with Gasteiger partial charge in [-0.1, -0.05) is 11.3 Å². The summed E-state index contributed by atoms with van der Waals surface area (Å²) in [7, 11) is 1.81. The zero-order valence-electron chi connectivity index (χ0n) is 9.40. The van der Waals surface area contributed by atoms with Crippen LogP contribution in [0.2, 0.25) is 0 Å². The van der Waals surface area contributed by atoms with Crippen LogP contribution in [0.3, 0.4) is 0 Å². The van der Waals surface area contributed by atoms with Gasteiger partial charge in [0, 0.05) is 31.9 Å². The van der Waals surface area contributed by atoms with E-state index in [1.54, 1.807) is 10.9 Å². The molecule has 0 fully saturated rings. The molecular formula is C9H10F3N5S. The Balaban J connectivity index is 1.88. The van der Waals surface area contributed by atoms with Crippen LogP contribution in [-0.2, 0) is 19.6 Å². The molecule has 0 radical (unpaired) electrons. The molecule has 18 heavy (non-hydrogen) atoms. The van der Waals surface area contributed by atoms with Gasteiger partial charge in [0.1, 0.15) is 0 Å². The van der Waals surface area contributed by atoms with Gasteiger partial charge in [-0.3, -0.25) is 4.68 Å². The highest BCUT2D eigenvalue weighted by molar-refractivity contribution is 7.15. The number of nitrogens with one attached hydrogen (secondary N) is 1. The summed E-state index contributed by atoms with van der Waals surface area (Å²) in [6, 6.07) is 1.85. The number of rotatable bonds is 4. The molecule has 2 heterocycles. The van der Waals surface area contributed by atoms with Gasteiger partial charge in [-0.2, -0.15) is 18.3 Å². The number of anilines is 1. The molecule has 0 aliphatic carbocycles. The summed E-state index contributed by atoms with van der Waals surface area (Å²) in [6.45, 7) is 0.478. The maximum Gasteiger partial charge on any atom is 0.445 e.